The van der Waals surface area contributed by atoms with Gasteiger partial charge in [-0.15, -0.1) is 0 Å². The number of hydrogen-bond donors (Lipinski definition) is 0. The first-order valence-corrected chi connectivity index (χ1v) is 13.3. The van der Waals surface area contributed by atoms with Crippen molar-refractivity contribution in [2.75, 3.05) is 38.1 Å². The van der Waals surface area contributed by atoms with Crippen LogP contribution in [0.4, 0.5) is 5.82 Å². The molecule has 0 bridgehead atoms. The van der Waals surface area contributed by atoms with Crippen molar-refractivity contribution in [2.24, 2.45) is 0 Å². The van der Waals surface area contributed by atoms with E-state index < -0.39 is 0 Å². The Morgan fingerprint density at radius 3 is 2.17 bits per heavy atom. The molecule has 35 heavy (non-hydrogen) atoms. The third kappa shape index (κ3) is 5.96. The maximum Gasteiger partial charge on any atom is 0.137 e. The molecule has 1 aromatic heterocycles. The number of benzene rings is 2. The molecule has 0 amide bonds. The van der Waals surface area contributed by atoms with Crippen LogP contribution in [0, 0.1) is 6.92 Å². The van der Waals surface area contributed by atoms with Gasteiger partial charge in [0.05, 0.1) is 11.4 Å². The monoisotopic (exact) mass is 473 g/mol. The quantitative estimate of drug-likeness (QED) is 0.412. The number of likely N-dealkylation sites (N-methyl/N-ethyl adjacent to an activating group) is 1. The minimum absolute atomic E-state index is 0.438. The van der Waals surface area contributed by atoms with Crippen molar-refractivity contribution in [1.29, 1.82) is 0 Å². The molecule has 0 saturated carbocycles. The lowest BCUT2D eigenvalue weighted by Gasteiger charge is -2.35. The molecule has 3 aromatic rings. The number of piperazine rings is 1. The van der Waals surface area contributed by atoms with Crippen LogP contribution in [-0.2, 0) is 25.9 Å². The van der Waals surface area contributed by atoms with E-state index in [9.17, 15) is 0 Å². The molecule has 5 heteroatoms. The smallest absolute Gasteiger partial charge is 0.137 e. The van der Waals surface area contributed by atoms with Crippen molar-refractivity contribution < 1.29 is 0 Å². The van der Waals surface area contributed by atoms with E-state index in [0.29, 0.717) is 6.04 Å². The van der Waals surface area contributed by atoms with E-state index >= 15 is 0 Å². The number of hydrogen-bond acceptors (Lipinski definition) is 4. The Labute approximate surface area is 212 Å². The molecule has 1 aliphatic rings. The second-order valence-corrected chi connectivity index (χ2v) is 10.3. The van der Waals surface area contributed by atoms with E-state index in [0.717, 1.165) is 57.8 Å². The molecule has 188 valence electrons. The van der Waals surface area contributed by atoms with Gasteiger partial charge >= 0.3 is 0 Å². The van der Waals surface area contributed by atoms with Crippen LogP contribution < -0.4 is 4.90 Å². The Hall–Kier alpha value is -2.63. The summed E-state index contributed by atoms with van der Waals surface area (Å²) < 4.78 is 2.22. The first-order valence-electron chi connectivity index (χ1n) is 13.3. The zero-order valence-electron chi connectivity index (χ0n) is 22.6. The Morgan fingerprint density at radius 1 is 0.886 bits per heavy atom. The molecule has 1 fully saturated rings. The Kier molecular flexibility index (Phi) is 8.30. The first kappa shape index (κ1) is 25.5. The Morgan fingerprint density at radius 2 is 1.57 bits per heavy atom. The minimum atomic E-state index is 0.438. The molecule has 1 aliphatic heterocycles. The van der Waals surface area contributed by atoms with Crippen LogP contribution in [0.5, 0.6) is 0 Å². The average molecular weight is 474 g/mol. The summed E-state index contributed by atoms with van der Waals surface area (Å²) in [6.07, 6.45) is 2.02. The number of anilines is 1. The van der Waals surface area contributed by atoms with Crippen LogP contribution in [0.2, 0.25) is 0 Å². The van der Waals surface area contributed by atoms with Crippen LogP contribution in [0.1, 0.15) is 55.6 Å². The van der Waals surface area contributed by atoms with E-state index in [2.05, 4.69) is 110 Å². The number of nitrogens with zero attached hydrogens (tertiary/aromatic N) is 5. The van der Waals surface area contributed by atoms with Crippen molar-refractivity contribution >= 4 is 5.82 Å². The zero-order valence-corrected chi connectivity index (χ0v) is 22.6. The largest absolute Gasteiger partial charge is 0.354 e. The number of rotatable bonds is 9. The van der Waals surface area contributed by atoms with Gasteiger partial charge in [0, 0.05) is 50.9 Å². The second-order valence-electron chi connectivity index (χ2n) is 10.3. The molecule has 0 spiro atoms. The lowest BCUT2D eigenvalue weighted by molar-refractivity contribution is 0.203. The molecule has 0 radical (unpaired) electrons. The van der Waals surface area contributed by atoms with Crippen LogP contribution in [0.25, 0.3) is 5.69 Å². The van der Waals surface area contributed by atoms with Gasteiger partial charge in [-0.05, 0) is 69.5 Å². The lowest BCUT2D eigenvalue weighted by atomic mass is 10.1. The van der Waals surface area contributed by atoms with Gasteiger partial charge in [0.15, 0.2) is 0 Å². The van der Waals surface area contributed by atoms with Crippen molar-refractivity contribution in [3.05, 3.63) is 76.5 Å². The molecule has 0 unspecified atom stereocenters. The SMILES string of the molecule is CCc1ccc(CN(Cc2c(CC)nn(-c3cccc(C)c3)c2N2CCN(C)CC2)C(C)C)cc1. The molecular weight excluding hydrogens is 430 g/mol. The van der Waals surface area contributed by atoms with E-state index in [1.807, 2.05) is 0 Å². The standard InChI is InChI=1S/C30H43N5/c1-7-25-12-14-26(15-13-25)21-34(23(3)4)22-28-29(8-2)31-35(27-11-9-10-24(5)20-27)30(28)33-18-16-32(6)17-19-33/h9-15,20,23H,7-8,16-19,21-22H2,1-6H3. The highest BCUT2D eigenvalue weighted by molar-refractivity contribution is 5.56. The van der Waals surface area contributed by atoms with E-state index in [1.165, 1.54) is 33.8 Å². The highest BCUT2D eigenvalue weighted by Crippen LogP contribution is 2.31. The van der Waals surface area contributed by atoms with Gasteiger partial charge in [0.25, 0.3) is 0 Å². The topological polar surface area (TPSA) is 27.5 Å². The number of aryl methyl sites for hydroxylation is 3. The van der Waals surface area contributed by atoms with Gasteiger partial charge in [0.2, 0.25) is 0 Å². The fourth-order valence-corrected chi connectivity index (χ4v) is 4.95. The van der Waals surface area contributed by atoms with Gasteiger partial charge < -0.3 is 9.80 Å². The highest BCUT2D eigenvalue weighted by Gasteiger charge is 2.27. The van der Waals surface area contributed by atoms with Crippen molar-refractivity contribution in [3.63, 3.8) is 0 Å². The summed E-state index contributed by atoms with van der Waals surface area (Å²) in [6.45, 7) is 17.3. The van der Waals surface area contributed by atoms with Crippen molar-refractivity contribution in [1.82, 2.24) is 19.6 Å². The summed E-state index contributed by atoms with van der Waals surface area (Å²) in [7, 11) is 2.22. The normalized spacial score (nSPS) is 14.9. The van der Waals surface area contributed by atoms with Crippen LogP contribution in [-0.4, -0.2) is 58.8 Å². The third-order valence-electron chi connectivity index (χ3n) is 7.33. The molecule has 5 nitrogen and oxygen atoms in total. The maximum absolute atomic E-state index is 5.21. The predicted octanol–water partition coefficient (Wildman–Crippen LogP) is 5.47. The molecule has 2 heterocycles. The summed E-state index contributed by atoms with van der Waals surface area (Å²) in [5, 5.41) is 5.21. The summed E-state index contributed by atoms with van der Waals surface area (Å²) in [5.41, 5.74) is 7.80. The molecular formula is C30H43N5. The highest BCUT2D eigenvalue weighted by atomic mass is 15.4. The van der Waals surface area contributed by atoms with Gasteiger partial charge in [0.1, 0.15) is 5.82 Å². The molecule has 2 aromatic carbocycles. The Balaban J connectivity index is 1.73. The fraction of sp³-hybridized carbons (Fsp3) is 0.500. The van der Waals surface area contributed by atoms with Crippen molar-refractivity contribution in [2.45, 2.75) is 66.6 Å². The van der Waals surface area contributed by atoms with Crippen LogP contribution >= 0.6 is 0 Å². The summed E-state index contributed by atoms with van der Waals surface area (Å²) in [5.74, 6) is 1.28. The van der Waals surface area contributed by atoms with Gasteiger partial charge in [-0.25, -0.2) is 4.68 Å². The fourth-order valence-electron chi connectivity index (χ4n) is 4.95. The molecule has 0 atom stereocenters. The van der Waals surface area contributed by atoms with Gasteiger partial charge in [-0.3, -0.25) is 4.90 Å². The predicted molar refractivity (Wildman–Crippen MR) is 148 cm³/mol. The summed E-state index contributed by atoms with van der Waals surface area (Å²) >= 11 is 0. The van der Waals surface area contributed by atoms with Gasteiger partial charge in [-0.2, -0.15) is 5.10 Å². The minimum Gasteiger partial charge on any atom is -0.354 e. The lowest BCUT2D eigenvalue weighted by Crippen LogP contribution is -2.45. The molecule has 0 aliphatic carbocycles. The van der Waals surface area contributed by atoms with Crippen molar-refractivity contribution in [3.8, 4) is 5.69 Å². The maximum atomic E-state index is 5.21. The summed E-state index contributed by atoms with van der Waals surface area (Å²) in [4.78, 5) is 7.58. The van der Waals surface area contributed by atoms with E-state index in [-0.39, 0.29) is 0 Å². The molecule has 0 N–H and O–H groups in total. The van der Waals surface area contributed by atoms with E-state index in [4.69, 9.17) is 5.10 Å². The van der Waals surface area contributed by atoms with Crippen LogP contribution in [0.3, 0.4) is 0 Å². The molecule has 1 saturated heterocycles. The second kappa shape index (κ2) is 11.4. The van der Waals surface area contributed by atoms with Gasteiger partial charge in [-0.1, -0.05) is 50.2 Å². The van der Waals surface area contributed by atoms with E-state index in [1.54, 1.807) is 0 Å². The molecule has 4 rings (SSSR count). The van der Waals surface area contributed by atoms with Crippen LogP contribution in [0.15, 0.2) is 48.5 Å². The average Bonchev–Trinajstić information content (AvgIpc) is 3.22. The zero-order chi connectivity index (χ0) is 24.9. The summed E-state index contributed by atoms with van der Waals surface area (Å²) in [6, 6.07) is 18.3. The first-order chi connectivity index (χ1) is 16.9. The third-order valence-corrected chi connectivity index (χ3v) is 7.33. The Bertz CT molecular complexity index is 1090. The number of aromatic nitrogens is 2.